The average Bonchev–Trinajstić information content (AvgIpc) is 2.78. The molecule has 1 N–H and O–H groups in total. The molecule has 2 aromatic rings. The lowest BCUT2D eigenvalue weighted by Crippen LogP contribution is -2.07. The third-order valence-corrected chi connectivity index (χ3v) is 5.11. The van der Waals surface area contributed by atoms with E-state index in [0.717, 1.165) is 28.0 Å². The first-order valence-corrected chi connectivity index (χ1v) is 8.10. The van der Waals surface area contributed by atoms with Crippen LogP contribution in [0.3, 0.4) is 0 Å². The minimum Gasteiger partial charge on any atom is -0.377 e. The van der Waals surface area contributed by atoms with Crippen molar-refractivity contribution in [3.05, 3.63) is 61.5 Å². The van der Waals surface area contributed by atoms with Crippen molar-refractivity contribution < 1.29 is 0 Å². The number of anilines is 1. The zero-order valence-corrected chi connectivity index (χ0v) is 14.0. The molecule has 0 radical (unpaired) electrons. The van der Waals surface area contributed by atoms with Crippen LogP contribution in [0, 0.1) is 0 Å². The van der Waals surface area contributed by atoms with E-state index >= 15 is 0 Å². The van der Waals surface area contributed by atoms with Gasteiger partial charge in [-0.1, -0.05) is 39.7 Å². The molecule has 0 aliphatic heterocycles. The van der Waals surface area contributed by atoms with Crippen LogP contribution in [0.5, 0.6) is 0 Å². The summed E-state index contributed by atoms with van der Waals surface area (Å²) >= 11 is 13.2. The fraction of sp³-hybridized carbons (Fsp3) is 0.200. The molecular weight excluding hydrogens is 389 g/mol. The number of hydrogen-bond donors (Lipinski definition) is 1. The smallest absolute Gasteiger partial charge is 0.0520 e. The highest BCUT2D eigenvalue weighted by Crippen LogP contribution is 2.39. The topological polar surface area (TPSA) is 12.0 Å². The van der Waals surface area contributed by atoms with Crippen LogP contribution in [-0.2, 0) is 6.42 Å². The number of halogens is 3. The third kappa shape index (κ3) is 2.69. The van der Waals surface area contributed by atoms with Crippen LogP contribution in [0.25, 0.3) is 0 Å². The van der Waals surface area contributed by atoms with Crippen molar-refractivity contribution in [2.24, 2.45) is 0 Å². The summed E-state index contributed by atoms with van der Waals surface area (Å²) in [6.07, 6.45) is 2.23. The van der Waals surface area contributed by atoms with Gasteiger partial charge in [0.1, 0.15) is 0 Å². The minimum absolute atomic E-state index is 0.366. The first-order chi connectivity index (χ1) is 9.15. The van der Waals surface area contributed by atoms with Crippen LogP contribution in [0.4, 0.5) is 5.69 Å². The summed E-state index contributed by atoms with van der Waals surface area (Å²) < 4.78 is 2.22. The molecule has 0 saturated heterocycles. The predicted octanol–water partition coefficient (Wildman–Crippen LogP) is 5.96. The Kier molecular flexibility index (Phi) is 3.88. The zero-order valence-electron chi connectivity index (χ0n) is 10.1. The predicted molar refractivity (Wildman–Crippen MR) is 88.0 cm³/mol. The molecular formula is C15H12Br2ClN. The molecule has 0 saturated carbocycles. The molecule has 4 heteroatoms. The van der Waals surface area contributed by atoms with Crippen molar-refractivity contribution in [3.8, 4) is 0 Å². The molecule has 0 amide bonds. The van der Waals surface area contributed by atoms with E-state index in [-0.39, 0.29) is 0 Å². The van der Waals surface area contributed by atoms with Crippen LogP contribution < -0.4 is 5.32 Å². The Morgan fingerprint density at radius 1 is 1.11 bits per heavy atom. The maximum Gasteiger partial charge on any atom is 0.0520 e. The van der Waals surface area contributed by atoms with Gasteiger partial charge in [-0.3, -0.25) is 0 Å². The Labute approximate surface area is 134 Å². The molecule has 0 bridgehead atoms. The molecule has 98 valence electrons. The summed E-state index contributed by atoms with van der Waals surface area (Å²) in [6.45, 7) is 0. The molecule has 0 fully saturated rings. The van der Waals surface area contributed by atoms with E-state index in [2.05, 4.69) is 55.4 Å². The highest BCUT2D eigenvalue weighted by Gasteiger charge is 2.24. The Morgan fingerprint density at radius 3 is 2.74 bits per heavy atom. The number of benzene rings is 2. The summed E-state index contributed by atoms with van der Waals surface area (Å²) in [4.78, 5) is 0. The molecule has 0 heterocycles. The second kappa shape index (κ2) is 5.47. The molecule has 0 aromatic heterocycles. The molecule has 2 aromatic carbocycles. The Bertz CT molecular complexity index is 628. The molecule has 1 aliphatic rings. The van der Waals surface area contributed by atoms with Gasteiger partial charge in [0.15, 0.2) is 0 Å². The molecule has 3 rings (SSSR count). The SMILES string of the molecule is Clc1ccc(NC2CCc3c(Br)cccc32)c(Br)c1. The second-order valence-electron chi connectivity index (χ2n) is 4.67. The van der Waals surface area contributed by atoms with Crippen LogP contribution >= 0.6 is 43.5 Å². The number of fused-ring (bicyclic) bond motifs is 1. The Hall–Kier alpha value is -0.510. The normalized spacial score (nSPS) is 17.3. The largest absolute Gasteiger partial charge is 0.377 e. The van der Waals surface area contributed by atoms with E-state index < -0.39 is 0 Å². The summed E-state index contributed by atoms with van der Waals surface area (Å²) in [7, 11) is 0. The maximum absolute atomic E-state index is 5.97. The zero-order chi connectivity index (χ0) is 13.4. The fourth-order valence-corrected chi connectivity index (χ4v) is 3.93. The van der Waals surface area contributed by atoms with Crippen molar-refractivity contribution in [1.82, 2.24) is 0 Å². The van der Waals surface area contributed by atoms with Crippen molar-refractivity contribution in [2.75, 3.05) is 5.32 Å². The van der Waals surface area contributed by atoms with Gasteiger partial charge in [-0.05, 0) is 64.2 Å². The van der Waals surface area contributed by atoms with E-state index in [0.29, 0.717) is 6.04 Å². The first kappa shape index (κ1) is 13.5. The number of nitrogens with one attached hydrogen (secondary N) is 1. The maximum atomic E-state index is 5.97. The van der Waals surface area contributed by atoms with Gasteiger partial charge in [0.2, 0.25) is 0 Å². The monoisotopic (exact) mass is 399 g/mol. The molecule has 0 spiro atoms. The van der Waals surface area contributed by atoms with Crippen molar-refractivity contribution in [1.29, 1.82) is 0 Å². The molecule has 1 unspecified atom stereocenters. The number of rotatable bonds is 2. The Balaban J connectivity index is 1.89. The number of hydrogen-bond acceptors (Lipinski definition) is 1. The quantitative estimate of drug-likeness (QED) is 0.654. The van der Waals surface area contributed by atoms with Crippen molar-refractivity contribution in [2.45, 2.75) is 18.9 Å². The van der Waals surface area contributed by atoms with Crippen LogP contribution in [0.15, 0.2) is 45.3 Å². The highest BCUT2D eigenvalue weighted by molar-refractivity contribution is 9.10. The molecule has 1 atom stereocenters. The van der Waals surface area contributed by atoms with Gasteiger partial charge in [-0.25, -0.2) is 0 Å². The molecule has 1 nitrogen and oxygen atoms in total. The van der Waals surface area contributed by atoms with Crippen LogP contribution in [0.2, 0.25) is 5.02 Å². The molecule has 19 heavy (non-hydrogen) atoms. The summed E-state index contributed by atoms with van der Waals surface area (Å²) in [5.74, 6) is 0. The van der Waals surface area contributed by atoms with Gasteiger partial charge in [0.05, 0.1) is 6.04 Å². The standard InChI is InChI=1S/C15H12Br2ClN/c16-12-3-1-2-11-10(12)5-7-14(11)19-15-6-4-9(18)8-13(15)17/h1-4,6,8,14,19H,5,7H2. The highest BCUT2D eigenvalue weighted by atomic mass is 79.9. The van der Waals surface area contributed by atoms with Gasteiger partial charge in [0, 0.05) is 19.7 Å². The van der Waals surface area contributed by atoms with E-state index in [4.69, 9.17) is 11.6 Å². The first-order valence-electron chi connectivity index (χ1n) is 6.14. The lowest BCUT2D eigenvalue weighted by molar-refractivity contribution is 0.761. The van der Waals surface area contributed by atoms with E-state index in [9.17, 15) is 0 Å². The van der Waals surface area contributed by atoms with Crippen LogP contribution in [-0.4, -0.2) is 0 Å². The second-order valence-corrected chi connectivity index (χ2v) is 6.81. The molecule has 1 aliphatic carbocycles. The minimum atomic E-state index is 0.366. The Morgan fingerprint density at radius 2 is 1.95 bits per heavy atom. The summed E-state index contributed by atoms with van der Waals surface area (Å²) in [5, 5.41) is 4.34. The fourth-order valence-electron chi connectivity index (χ4n) is 2.55. The van der Waals surface area contributed by atoms with Gasteiger partial charge in [-0.2, -0.15) is 0 Å². The summed E-state index contributed by atoms with van der Waals surface area (Å²) in [6, 6.07) is 12.6. The van der Waals surface area contributed by atoms with Crippen molar-refractivity contribution >= 4 is 49.1 Å². The van der Waals surface area contributed by atoms with Gasteiger partial charge < -0.3 is 5.32 Å². The van der Waals surface area contributed by atoms with Gasteiger partial charge in [-0.15, -0.1) is 0 Å². The average molecular weight is 402 g/mol. The van der Waals surface area contributed by atoms with E-state index in [1.807, 2.05) is 18.2 Å². The lowest BCUT2D eigenvalue weighted by Gasteiger charge is -2.17. The van der Waals surface area contributed by atoms with Crippen molar-refractivity contribution in [3.63, 3.8) is 0 Å². The van der Waals surface area contributed by atoms with E-state index in [1.165, 1.54) is 15.6 Å². The summed E-state index contributed by atoms with van der Waals surface area (Å²) in [5.41, 5.74) is 3.89. The van der Waals surface area contributed by atoms with E-state index in [1.54, 1.807) is 0 Å². The third-order valence-electron chi connectivity index (χ3n) is 3.47. The lowest BCUT2D eigenvalue weighted by atomic mass is 10.1. The van der Waals surface area contributed by atoms with Crippen LogP contribution in [0.1, 0.15) is 23.6 Å². The van der Waals surface area contributed by atoms with Gasteiger partial charge in [0.25, 0.3) is 0 Å². The van der Waals surface area contributed by atoms with Gasteiger partial charge >= 0.3 is 0 Å².